The lowest BCUT2D eigenvalue weighted by Crippen LogP contribution is -2.16. The van der Waals surface area contributed by atoms with Gasteiger partial charge >= 0.3 is 6.18 Å². The van der Waals surface area contributed by atoms with Gasteiger partial charge in [0.05, 0.1) is 5.56 Å². The Kier molecular flexibility index (Phi) is 4.90. The van der Waals surface area contributed by atoms with E-state index in [4.69, 9.17) is 0 Å². The monoisotopic (exact) mass is 278 g/mol. The van der Waals surface area contributed by atoms with Crippen molar-refractivity contribution in [1.29, 1.82) is 0 Å². The molecule has 1 N–H and O–H groups in total. The number of hydrogen-bond acceptors (Lipinski definition) is 3. The molecule has 0 aromatic carbocycles. The Morgan fingerprint density at radius 3 is 2.50 bits per heavy atom. The van der Waals surface area contributed by atoms with Crippen LogP contribution in [0.1, 0.15) is 26.3 Å². The number of rotatable bonds is 4. The molecule has 0 bridgehead atoms. The largest absolute Gasteiger partial charge is 0.419 e. The molecule has 0 saturated carbocycles. The third kappa shape index (κ3) is 5.16. The quantitative estimate of drug-likeness (QED) is 0.841. The van der Waals surface area contributed by atoms with Crippen LogP contribution >= 0.6 is 11.8 Å². The molecule has 2 nitrogen and oxygen atoms in total. The number of aromatic nitrogens is 1. The van der Waals surface area contributed by atoms with Gasteiger partial charge in [-0.2, -0.15) is 24.9 Å². The SMILES string of the molecule is CC(C)(C)SCCNc1ncccc1C(F)(F)F. The van der Waals surface area contributed by atoms with Crippen molar-refractivity contribution >= 4 is 17.6 Å². The predicted molar refractivity (Wildman–Crippen MR) is 69.9 cm³/mol. The maximum Gasteiger partial charge on any atom is 0.419 e. The third-order valence-corrected chi connectivity index (χ3v) is 3.32. The van der Waals surface area contributed by atoms with E-state index in [-0.39, 0.29) is 10.6 Å². The summed E-state index contributed by atoms with van der Waals surface area (Å²) >= 11 is 1.69. The van der Waals surface area contributed by atoms with E-state index in [9.17, 15) is 13.2 Å². The van der Waals surface area contributed by atoms with Gasteiger partial charge in [0.1, 0.15) is 5.82 Å². The summed E-state index contributed by atoms with van der Waals surface area (Å²) in [6.07, 6.45) is -3.01. The van der Waals surface area contributed by atoms with Gasteiger partial charge in [-0.15, -0.1) is 0 Å². The molecule has 1 heterocycles. The van der Waals surface area contributed by atoms with Crippen LogP contribution in [-0.4, -0.2) is 22.0 Å². The number of pyridine rings is 1. The fourth-order valence-corrected chi connectivity index (χ4v) is 2.12. The first kappa shape index (κ1) is 15.1. The Bertz CT molecular complexity index is 386. The average molecular weight is 278 g/mol. The number of nitrogens with one attached hydrogen (secondary N) is 1. The third-order valence-electron chi connectivity index (χ3n) is 2.04. The van der Waals surface area contributed by atoms with Gasteiger partial charge in [0.15, 0.2) is 0 Å². The molecule has 0 aliphatic heterocycles. The van der Waals surface area contributed by atoms with E-state index in [1.807, 2.05) is 0 Å². The summed E-state index contributed by atoms with van der Waals surface area (Å²) in [6, 6.07) is 2.32. The molecule has 0 aliphatic rings. The highest BCUT2D eigenvalue weighted by atomic mass is 32.2. The lowest BCUT2D eigenvalue weighted by Gasteiger charge is -2.18. The van der Waals surface area contributed by atoms with Crippen LogP contribution in [0, 0.1) is 0 Å². The Labute approximate surface area is 109 Å². The average Bonchev–Trinajstić information content (AvgIpc) is 2.22. The van der Waals surface area contributed by atoms with Crippen LogP contribution in [0.15, 0.2) is 18.3 Å². The van der Waals surface area contributed by atoms with Crippen molar-refractivity contribution < 1.29 is 13.2 Å². The molecule has 1 aromatic rings. The zero-order valence-corrected chi connectivity index (χ0v) is 11.5. The number of hydrogen-bond donors (Lipinski definition) is 1. The molecule has 1 rings (SSSR count). The maximum absolute atomic E-state index is 12.7. The summed E-state index contributed by atoms with van der Waals surface area (Å²) in [5.41, 5.74) is -0.717. The van der Waals surface area contributed by atoms with Crippen molar-refractivity contribution in [2.45, 2.75) is 31.7 Å². The number of nitrogens with zero attached hydrogens (tertiary/aromatic N) is 1. The highest BCUT2D eigenvalue weighted by Gasteiger charge is 2.33. The molecule has 102 valence electrons. The highest BCUT2D eigenvalue weighted by molar-refractivity contribution is 8.00. The van der Waals surface area contributed by atoms with E-state index in [0.29, 0.717) is 6.54 Å². The summed E-state index contributed by atoms with van der Waals surface area (Å²) in [4.78, 5) is 3.74. The van der Waals surface area contributed by atoms with Gasteiger partial charge in [-0.1, -0.05) is 20.8 Å². The van der Waals surface area contributed by atoms with Crippen molar-refractivity contribution in [3.8, 4) is 0 Å². The minimum Gasteiger partial charge on any atom is -0.369 e. The van der Waals surface area contributed by atoms with Crippen LogP contribution in [-0.2, 0) is 6.18 Å². The van der Waals surface area contributed by atoms with Crippen molar-refractivity contribution in [2.75, 3.05) is 17.6 Å². The Balaban J connectivity index is 2.58. The summed E-state index contributed by atoms with van der Waals surface area (Å²) in [5.74, 6) is 0.636. The second-order valence-corrected chi connectivity index (χ2v) is 6.71. The number of halogens is 3. The van der Waals surface area contributed by atoms with Gasteiger partial charge in [0, 0.05) is 23.2 Å². The molecule has 0 radical (unpaired) electrons. The van der Waals surface area contributed by atoms with Crippen LogP contribution in [0.5, 0.6) is 0 Å². The van der Waals surface area contributed by atoms with Crippen molar-refractivity contribution in [1.82, 2.24) is 4.98 Å². The van der Waals surface area contributed by atoms with E-state index in [0.717, 1.165) is 11.8 Å². The first-order valence-electron chi connectivity index (χ1n) is 5.60. The lowest BCUT2D eigenvalue weighted by atomic mass is 10.2. The molecule has 0 amide bonds. The topological polar surface area (TPSA) is 24.9 Å². The molecular weight excluding hydrogens is 261 g/mol. The fraction of sp³-hybridized carbons (Fsp3) is 0.583. The molecule has 0 atom stereocenters. The molecule has 0 aliphatic carbocycles. The summed E-state index contributed by atoms with van der Waals surface area (Å²) < 4.78 is 38.1. The van der Waals surface area contributed by atoms with Gasteiger partial charge in [0.2, 0.25) is 0 Å². The summed E-state index contributed by atoms with van der Waals surface area (Å²) in [5, 5.41) is 2.74. The molecule has 6 heteroatoms. The second-order valence-electron chi connectivity index (χ2n) is 4.78. The molecule has 18 heavy (non-hydrogen) atoms. The van der Waals surface area contributed by atoms with Crippen LogP contribution in [0.2, 0.25) is 0 Å². The van der Waals surface area contributed by atoms with E-state index in [1.54, 1.807) is 11.8 Å². The molecule has 1 aromatic heterocycles. The normalized spacial score (nSPS) is 12.6. The van der Waals surface area contributed by atoms with E-state index in [1.165, 1.54) is 12.3 Å². The summed E-state index contributed by atoms with van der Waals surface area (Å²) in [6.45, 7) is 6.67. The second kappa shape index (κ2) is 5.82. The van der Waals surface area contributed by atoms with Crippen LogP contribution in [0.3, 0.4) is 0 Å². The predicted octanol–water partition coefficient (Wildman–Crippen LogP) is 4.04. The molecule has 0 unspecified atom stereocenters. The zero-order chi connectivity index (χ0) is 13.8. The zero-order valence-electron chi connectivity index (χ0n) is 10.6. The molecule has 0 saturated heterocycles. The standard InChI is InChI=1S/C12H17F3N2S/c1-11(2,3)18-8-7-17-10-9(12(13,14)15)5-4-6-16-10/h4-6H,7-8H2,1-3H3,(H,16,17). The number of anilines is 1. The van der Waals surface area contributed by atoms with Gasteiger partial charge in [-0.3, -0.25) is 0 Å². The van der Waals surface area contributed by atoms with E-state index in [2.05, 4.69) is 31.1 Å². The molecule has 0 fully saturated rings. The van der Waals surface area contributed by atoms with Crippen LogP contribution < -0.4 is 5.32 Å². The first-order chi connectivity index (χ1) is 8.20. The van der Waals surface area contributed by atoms with E-state index >= 15 is 0 Å². The van der Waals surface area contributed by atoms with Gasteiger partial charge in [-0.25, -0.2) is 4.98 Å². The van der Waals surface area contributed by atoms with Gasteiger partial charge in [-0.05, 0) is 12.1 Å². The van der Waals surface area contributed by atoms with Crippen molar-refractivity contribution in [2.24, 2.45) is 0 Å². The Hall–Kier alpha value is -0.910. The number of alkyl halides is 3. The van der Waals surface area contributed by atoms with Crippen LogP contribution in [0.4, 0.5) is 19.0 Å². The van der Waals surface area contributed by atoms with Gasteiger partial charge in [0.25, 0.3) is 0 Å². The van der Waals surface area contributed by atoms with Crippen molar-refractivity contribution in [3.05, 3.63) is 23.9 Å². The van der Waals surface area contributed by atoms with Crippen molar-refractivity contribution in [3.63, 3.8) is 0 Å². The van der Waals surface area contributed by atoms with Crippen LogP contribution in [0.25, 0.3) is 0 Å². The highest BCUT2D eigenvalue weighted by Crippen LogP contribution is 2.33. The molecule has 0 spiro atoms. The molecular formula is C12H17F3N2S. The smallest absolute Gasteiger partial charge is 0.369 e. The first-order valence-corrected chi connectivity index (χ1v) is 6.59. The van der Waals surface area contributed by atoms with E-state index < -0.39 is 11.7 Å². The Morgan fingerprint density at radius 1 is 1.28 bits per heavy atom. The Morgan fingerprint density at radius 2 is 1.94 bits per heavy atom. The lowest BCUT2D eigenvalue weighted by molar-refractivity contribution is -0.137. The van der Waals surface area contributed by atoms with Gasteiger partial charge < -0.3 is 5.32 Å². The summed E-state index contributed by atoms with van der Waals surface area (Å²) in [7, 11) is 0. The maximum atomic E-state index is 12.7. The minimum atomic E-state index is -4.37. The fourth-order valence-electron chi connectivity index (χ4n) is 1.30. The minimum absolute atomic E-state index is 0.0977. The number of thioether (sulfide) groups is 1.